The second kappa shape index (κ2) is 6.41. The van der Waals surface area contributed by atoms with Crippen molar-refractivity contribution in [1.82, 2.24) is 0 Å². The molecule has 18 heavy (non-hydrogen) atoms. The molecule has 0 atom stereocenters. The molecule has 0 aromatic heterocycles. The highest BCUT2D eigenvalue weighted by molar-refractivity contribution is 5.26. The molecule has 0 spiro atoms. The maximum absolute atomic E-state index is 2.42. The highest BCUT2D eigenvalue weighted by Crippen LogP contribution is 2.44. The number of benzene rings is 1. The normalized spacial score (nSPS) is 12.7. The largest absolute Gasteiger partial charge is 0.0654 e. The summed E-state index contributed by atoms with van der Waals surface area (Å²) in [5.74, 6) is 0. The molecule has 0 nitrogen and oxygen atoms in total. The first kappa shape index (κ1) is 15.3. The SMILES string of the molecule is CCCCCCC(C)(C)C(C)(C)c1ccccc1. The van der Waals surface area contributed by atoms with E-state index in [0.29, 0.717) is 5.41 Å². The van der Waals surface area contributed by atoms with Gasteiger partial charge in [-0.2, -0.15) is 0 Å². The summed E-state index contributed by atoms with van der Waals surface area (Å²) in [7, 11) is 0. The summed E-state index contributed by atoms with van der Waals surface area (Å²) in [6, 6.07) is 11.0. The van der Waals surface area contributed by atoms with Crippen molar-refractivity contribution in [2.75, 3.05) is 0 Å². The Balaban J connectivity index is 2.70. The van der Waals surface area contributed by atoms with E-state index in [1.54, 1.807) is 0 Å². The monoisotopic (exact) mass is 246 g/mol. The smallest absolute Gasteiger partial charge is 0.00524 e. The number of hydrogen-bond donors (Lipinski definition) is 0. The van der Waals surface area contributed by atoms with Gasteiger partial charge in [-0.15, -0.1) is 0 Å². The van der Waals surface area contributed by atoms with Gasteiger partial charge in [-0.3, -0.25) is 0 Å². The van der Waals surface area contributed by atoms with Crippen LogP contribution in [0.4, 0.5) is 0 Å². The molecule has 1 aromatic rings. The van der Waals surface area contributed by atoms with Crippen LogP contribution in [0.1, 0.15) is 72.3 Å². The van der Waals surface area contributed by atoms with Gasteiger partial charge in [0.15, 0.2) is 0 Å². The molecule has 0 saturated carbocycles. The Morgan fingerprint density at radius 2 is 1.44 bits per heavy atom. The molecular weight excluding hydrogens is 216 g/mol. The van der Waals surface area contributed by atoms with E-state index >= 15 is 0 Å². The van der Waals surface area contributed by atoms with E-state index in [1.165, 1.54) is 37.7 Å². The molecule has 0 aliphatic rings. The summed E-state index contributed by atoms with van der Waals surface area (Å²) in [5, 5.41) is 0. The van der Waals surface area contributed by atoms with Gasteiger partial charge in [0.1, 0.15) is 0 Å². The third-order valence-electron chi connectivity index (χ3n) is 4.84. The van der Waals surface area contributed by atoms with Crippen LogP contribution >= 0.6 is 0 Å². The Morgan fingerprint density at radius 1 is 0.833 bits per heavy atom. The van der Waals surface area contributed by atoms with E-state index in [0.717, 1.165) is 0 Å². The summed E-state index contributed by atoms with van der Waals surface area (Å²) in [6.07, 6.45) is 6.75. The summed E-state index contributed by atoms with van der Waals surface area (Å²) < 4.78 is 0. The van der Waals surface area contributed by atoms with Gasteiger partial charge in [0, 0.05) is 0 Å². The van der Waals surface area contributed by atoms with Crippen molar-refractivity contribution in [1.29, 1.82) is 0 Å². The van der Waals surface area contributed by atoms with E-state index in [9.17, 15) is 0 Å². The lowest BCUT2D eigenvalue weighted by Gasteiger charge is -2.42. The van der Waals surface area contributed by atoms with Gasteiger partial charge in [-0.1, -0.05) is 90.6 Å². The van der Waals surface area contributed by atoms with Crippen LogP contribution in [0.25, 0.3) is 0 Å². The molecule has 1 rings (SSSR count). The van der Waals surface area contributed by atoms with E-state index in [1.807, 2.05) is 0 Å². The molecular formula is C18H30. The Bertz CT molecular complexity index is 332. The van der Waals surface area contributed by atoms with E-state index in [-0.39, 0.29) is 5.41 Å². The number of hydrogen-bond acceptors (Lipinski definition) is 0. The van der Waals surface area contributed by atoms with Crippen molar-refractivity contribution in [2.24, 2.45) is 5.41 Å². The van der Waals surface area contributed by atoms with Crippen molar-refractivity contribution in [2.45, 2.75) is 72.1 Å². The molecule has 0 amide bonds. The van der Waals surface area contributed by atoms with Crippen molar-refractivity contribution in [3.63, 3.8) is 0 Å². The third kappa shape index (κ3) is 3.60. The quantitative estimate of drug-likeness (QED) is 0.521. The highest BCUT2D eigenvalue weighted by atomic mass is 14.4. The topological polar surface area (TPSA) is 0 Å². The van der Waals surface area contributed by atoms with Crippen LogP contribution in [0, 0.1) is 5.41 Å². The van der Waals surface area contributed by atoms with Crippen LogP contribution < -0.4 is 0 Å². The standard InChI is InChI=1S/C18H30/c1-6-7-8-12-15-17(2,3)18(4,5)16-13-10-9-11-14-16/h9-11,13-14H,6-8,12,15H2,1-5H3. The lowest BCUT2D eigenvalue weighted by atomic mass is 9.62. The van der Waals surface area contributed by atoms with Gasteiger partial charge in [-0.05, 0) is 22.8 Å². The minimum Gasteiger partial charge on any atom is -0.0654 e. The van der Waals surface area contributed by atoms with Gasteiger partial charge >= 0.3 is 0 Å². The predicted octanol–water partition coefficient (Wildman–Crippen LogP) is 5.96. The predicted molar refractivity (Wildman–Crippen MR) is 82.0 cm³/mol. The zero-order valence-corrected chi connectivity index (χ0v) is 12.9. The van der Waals surface area contributed by atoms with Crippen LogP contribution in [-0.2, 0) is 5.41 Å². The molecule has 0 heterocycles. The van der Waals surface area contributed by atoms with Crippen LogP contribution in [0.3, 0.4) is 0 Å². The molecule has 0 unspecified atom stereocenters. The number of unbranched alkanes of at least 4 members (excludes halogenated alkanes) is 3. The fourth-order valence-corrected chi connectivity index (χ4v) is 2.55. The van der Waals surface area contributed by atoms with Crippen LogP contribution in [0.15, 0.2) is 30.3 Å². The maximum atomic E-state index is 2.42. The molecule has 0 heteroatoms. The average molecular weight is 246 g/mol. The molecule has 1 aromatic carbocycles. The number of rotatable bonds is 7. The second-order valence-corrected chi connectivity index (χ2v) is 6.69. The van der Waals surface area contributed by atoms with E-state index in [4.69, 9.17) is 0 Å². The minimum absolute atomic E-state index is 0.237. The van der Waals surface area contributed by atoms with Gasteiger partial charge < -0.3 is 0 Å². The molecule has 0 fully saturated rings. The third-order valence-corrected chi connectivity index (χ3v) is 4.84. The molecule has 0 aliphatic heterocycles. The highest BCUT2D eigenvalue weighted by Gasteiger charge is 2.37. The first-order valence-electron chi connectivity index (χ1n) is 7.47. The summed E-state index contributed by atoms with van der Waals surface area (Å²) in [4.78, 5) is 0. The fraction of sp³-hybridized carbons (Fsp3) is 0.667. The van der Waals surface area contributed by atoms with Crippen LogP contribution in [-0.4, -0.2) is 0 Å². The van der Waals surface area contributed by atoms with Gasteiger partial charge in [0.05, 0.1) is 0 Å². The fourth-order valence-electron chi connectivity index (χ4n) is 2.55. The Kier molecular flexibility index (Phi) is 5.44. The van der Waals surface area contributed by atoms with Crippen LogP contribution in [0.2, 0.25) is 0 Å². The molecule has 0 N–H and O–H groups in total. The minimum atomic E-state index is 0.237. The van der Waals surface area contributed by atoms with Gasteiger partial charge in [0.2, 0.25) is 0 Å². The Labute approximate surface area is 114 Å². The van der Waals surface area contributed by atoms with Gasteiger partial charge in [0.25, 0.3) is 0 Å². The van der Waals surface area contributed by atoms with Crippen LogP contribution in [0.5, 0.6) is 0 Å². The zero-order chi connectivity index (χ0) is 13.6. The first-order valence-corrected chi connectivity index (χ1v) is 7.47. The average Bonchev–Trinajstić information content (AvgIpc) is 2.35. The molecule has 0 aliphatic carbocycles. The lowest BCUT2D eigenvalue weighted by Crippen LogP contribution is -2.36. The first-order chi connectivity index (χ1) is 8.42. The van der Waals surface area contributed by atoms with E-state index in [2.05, 4.69) is 65.0 Å². The zero-order valence-electron chi connectivity index (χ0n) is 12.9. The molecule has 0 saturated heterocycles. The van der Waals surface area contributed by atoms with E-state index < -0.39 is 0 Å². The summed E-state index contributed by atoms with van der Waals surface area (Å²) >= 11 is 0. The van der Waals surface area contributed by atoms with Crippen molar-refractivity contribution in [3.8, 4) is 0 Å². The molecule has 0 radical (unpaired) electrons. The Morgan fingerprint density at radius 3 is 2.00 bits per heavy atom. The second-order valence-electron chi connectivity index (χ2n) is 6.69. The van der Waals surface area contributed by atoms with Crippen molar-refractivity contribution in [3.05, 3.63) is 35.9 Å². The molecule has 0 bridgehead atoms. The summed E-state index contributed by atoms with van der Waals surface area (Å²) in [6.45, 7) is 11.9. The Hall–Kier alpha value is -0.780. The lowest BCUT2D eigenvalue weighted by molar-refractivity contribution is 0.174. The van der Waals surface area contributed by atoms with Crippen molar-refractivity contribution < 1.29 is 0 Å². The van der Waals surface area contributed by atoms with Gasteiger partial charge in [-0.25, -0.2) is 0 Å². The summed E-state index contributed by atoms with van der Waals surface area (Å²) in [5.41, 5.74) is 2.05. The molecule has 102 valence electrons. The van der Waals surface area contributed by atoms with Crippen molar-refractivity contribution >= 4 is 0 Å². The maximum Gasteiger partial charge on any atom is -0.00524 e.